The molecule has 0 unspecified atom stereocenters. The van der Waals surface area contributed by atoms with Crippen molar-refractivity contribution >= 4 is 29.4 Å². The van der Waals surface area contributed by atoms with Crippen molar-refractivity contribution < 1.29 is 29.3 Å². The molecular weight excluding hydrogens is 382 g/mol. The van der Waals surface area contributed by atoms with Gasteiger partial charge in [-0.05, 0) is 30.3 Å². The summed E-state index contributed by atoms with van der Waals surface area (Å²) in [6, 6.07) is 14.1. The van der Waals surface area contributed by atoms with Gasteiger partial charge in [-0.25, -0.2) is 0 Å². The van der Waals surface area contributed by atoms with Gasteiger partial charge in [0, 0.05) is 22.5 Å². The van der Waals surface area contributed by atoms with Crippen molar-refractivity contribution in [2.24, 2.45) is 0 Å². The molecule has 0 atom stereocenters. The minimum absolute atomic E-state index is 0.744. The number of aliphatic carboxylic acids is 2. The molecule has 0 saturated heterocycles. The number of carbonyl (C=O) groups is 2. The normalized spacial score (nSPS) is 9.04. The lowest BCUT2D eigenvalue weighted by atomic mass is 10.3. The molecule has 0 aliphatic heterocycles. The van der Waals surface area contributed by atoms with E-state index in [4.69, 9.17) is 29.3 Å². The van der Waals surface area contributed by atoms with Gasteiger partial charge < -0.3 is 34.6 Å². The summed E-state index contributed by atoms with van der Waals surface area (Å²) in [6.45, 7) is 4.25. The van der Waals surface area contributed by atoms with E-state index in [-0.39, 0.29) is 0 Å². The fourth-order valence-corrected chi connectivity index (χ4v) is 2.75. The molecule has 0 spiro atoms. The number of nitrogens with one attached hydrogen (secondary N) is 1. The first-order valence-corrected chi connectivity index (χ1v) is 9.25. The van der Waals surface area contributed by atoms with E-state index in [9.17, 15) is 0 Å². The Balaban J connectivity index is 0.000000683. The van der Waals surface area contributed by atoms with Crippen LogP contribution in [-0.2, 0) is 9.59 Å². The van der Waals surface area contributed by atoms with E-state index in [1.54, 1.807) is 26.0 Å². The average Bonchev–Trinajstić information content (AvgIpc) is 2.69. The first-order chi connectivity index (χ1) is 13.3. The zero-order valence-electron chi connectivity index (χ0n) is 16.6. The summed E-state index contributed by atoms with van der Waals surface area (Å²) in [6.07, 6.45) is 1.25. The Kier molecular flexibility index (Phi) is 12.8. The van der Waals surface area contributed by atoms with Crippen LogP contribution in [0.3, 0.4) is 0 Å². The molecule has 0 fully saturated rings. The summed E-state index contributed by atoms with van der Waals surface area (Å²) in [5.41, 5.74) is 1.11. The fraction of sp³-hybridized carbons (Fsp3) is 0.300. The molecule has 1 N–H and O–H groups in total. The van der Waals surface area contributed by atoms with E-state index in [1.165, 1.54) is 11.3 Å². The number of carboxylic acids is 2. The molecule has 2 rings (SSSR count). The van der Waals surface area contributed by atoms with Gasteiger partial charge in [-0.3, -0.25) is 0 Å². The van der Waals surface area contributed by atoms with Crippen molar-refractivity contribution in [3.8, 4) is 11.5 Å². The number of hydrogen-bond donors (Lipinski definition) is 1. The van der Waals surface area contributed by atoms with Gasteiger partial charge in [0.15, 0.2) is 11.5 Å². The molecule has 2 aromatic carbocycles. The smallest absolute Gasteiger partial charge is 0.161 e. The second-order valence-corrected chi connectivity index (χ2v) is 6.26. The summed E-state index contributed by atoms with van der Waals surface area (Å²) in [7, 11) is 5.21. The highest BCUT2D eigenvalue weighted by Gasteiger charge is 2.07. The van der Waals surface area contributed by atoms with E-state index in [0.29, 0.717) is 0 Å². The fourth-order valence-electron chi connectivity index (χ4n) is 1.77. The molecule has 8 heteroatoms. The standard InChI is InChI=1S/C15H17NO2S.C3H8.C2H2O4/c1-16-12-6-4-5-7-15(12)19-11-8-9-13(17-2)14(10-11)18-3;1-3-2;3-1(4)2(5)6/h4-10,16H,1-3H3;3H2,1-2H3;(H,3,4)(H,5,6)/p-2. The van der Waals surface area contributed by atoms with Crippen LogP contribution < -0.4 is 25.0 Å². The van der Waals surface area contributed by atoms with E-state index in [0.717, 1.165) is 22.1 Å². The SMILES string of the molecule is CCC.CNc1ccccc1Sc1ccc(OC)c(OC)c1.O=C([O-])C(=O)[O-]. The molecule has 7 nitrogen and oxygen atoms in total. The molecule has 0 saturated carbocycles. The van der Waals surface area contributed by atoms with Gasteiger partial charge in [0.25, 0.3) is 0 Å². The highest BCUT2D eigenvalue weighted by molar-refractivity contribution is 7.99. The molecule has 154 valence electrons. The number of carbonyl (C=O) groups excluding carboxylic acids is 2. The molecule has 0 aliphatic carbocycles. The zero-order valence-corrected chi connectivity index (χ0v) is 17.4. The van der Waals surface area contributed by atoms with Gasteiger partial charge in [0.1, 0.15) is 0 Å². The summed E-state index contributed by atoms with van der Waals surface area (Å²) >= 11 is 1.69. The van der Waals surface area contributed by atoms with Gasteiger partial charge in [0.05, 0.1) is 26.2 Å². The molecule has 0 aromatic heterocycles. The van der Waals surface area contributed by atoms with E-state index in [1.807, 2.05) is 37.4 Å². The van der Waals surface area contributed by atoms with Crippen LogP contribution in [0.2, 0.25) is 0 Å². The number of carboxylic acid groups (broad SMARTS) is 2. The van der Waals surface area contributed by atoms with Gasteiger partial charge >= 0.3 is 0 Å². The monoisotopic (exact) mass is 407 g/mol. The van der Waals surface area contributed by atoms with Crippen molar-refractivity contribution in [3.05, 3.63) is 42.5 Å². The quantitative estimate of drug-likeness (QED) is 0.747. The van der Waals surface area contributed by atoms with Crippen LogP contribution in [0.15, 0.2) is 52.3 Å². The van der Waals surface area contributed by atoms with Gasteiger partial charge in [0.2, 0.25) is 0 Å². The number of rotatable bonds is 5. The third kappa shape index (κ3) is 9.18. The third-order valence-electron chi connectivity index (χ3n) is 2.91. The van der Waals surface area contributed by atoms with Crippen LogP contribution in [0, 0.1) is 0 Å². The number of ether oxygens (including phenoxy) is 2. The van der Waals surface area contributed by atoms with Crippen LogP contribution in [0.5, 0.6) is 11.5 Å². The minimum Gasteiger partial charge on any atom is -0.543 e. The number of benzene rings is 2. The summed E-state index contributed by atoms with van der Waals surface area (Å²) in [5.74, 6) is -2.88. The Morgan fingerprint density at radius 3 is 1.96 bits per heavy atom. The maximum atomic E-state index is 8.93. The maximum Gasteiger partial charge on any atom is 0.161 e. The molecule has 28 heavy (non-hydrogen) atoms. The van der Waals surface area contributed by atoms with E-state index < -0.39 is 11.9 Å². The third-order valence-corrected chi connectivity index (χ3v) is 3.97. The second kappa shape index (κ2) is 14.2. The highest BCUT2D eigenvalue weighted by Crippen LogP contribution is 2.37. The van der Waals surface area contributed by atoms with Crippen molar-refractivity contribution in [1.29, 1.82) is 0 Å². The lowest BCUT2D eigenvalue weighted by Crippen LogP contribution is -2.42. The Labute approximate surface area is 169 Å². The predicted octanol–water partition coefficient (Wildman–Crippen LogP) is 1.80. The van der Waals surface area contributed by atoms with E-state index >= 15 is 0 Å². The van der Waals surface area contributed by atoms with E-state index in [2.05, 4.69) is 31.3 Å². The molecule has 0 aliphatic rings. The highest BCUT2D eigenvalue weighted by atomic mass is 32.2. The zero-order chi connectivity index (χ0) is 21.5. The largest absolute Gasteiger partial charge is 0.543 e. The lowest BCUT2D eigenvalue weighted by molar-refractivity contribution is -0.345. The Bertz CT molecular complexity index is 739. The Morgan fingerprint density at radius 1 is 0.964 bits per heavy atom. The molecule has 0 bridgehead atoms. The number of methoxy groups -OCH3 is 2. The summed E-state index contributed by atoms with van der Waals surface area (Å²) in [5, 5.41) is 21.0. The minimum atomic E-state index is -2.19. The first kappa shape index (κ1) is 25.1. The van der Waals surface area contributed by atoms with Crippen LogP contribution >= 0.6 is 11.8 Å². The van der Waals surface area contributed by atoms with Crippen molar-refractivity contribution in [3.63, 3.8) is 0 Å². The Morgan fingerprint density at radius 2 is 1.50 bits per heavy atom. The maximum absolute atomic E-state index is 8.93. The van der Waals surface area contributed by atoms with Gasteiger partial charge in [-0.2, -0.15) is 0 Å². The first-order valence-electron chi connectivity index (χ1n) is 8.43. The van der Waals surface area contributed by atoms with Crippen molar-refractivity contribution in [2.45, 2.75) is 30.1 Å². The van der Waals surface area contributed by atoms with Gasteiger partial charge in [-0.1, -0.05) is 44.2 Å². The number of anilines is 1. The number of hydrogen-bond acceptors (Lipinski definition) is 8. The van der Waals surface area contributed by atoms with Crippen LogP contribution in [0.4, 0.5) is 5.69 Å². The van der Waals surface area contributed by atoms with Crippen LogP contribution in [-0.4, -0.2) is 33.2 Å². The second-order valence-electron chi connectivity index (χ2n) is 5.15. The topological polar surface area (TPSA) is 111 Å². The average molecular weight is 407 g/mol. The molecule has 2 aromatic rings. The number of para-hydroxylation sites is 1. The summed E-state index contributed by atoms with van der Waals surface area (Å²) < 4.78 is 10.6. The summed E-state index contributed by atoms with van der Waals surface area (Å²) in [4.78, 5) is 20.1. The molecule has 0 heterocycles. The van der Waals surface area contributed by atoms with Crippen molar-refractivity contribution in [1.82, 2.24) is 0 Å². The molecule has 0 radical (unpaired) electrons. The Hall–Kier alpha value is -2.87. The molecule has 0 amide bonds. The lowest BCUT2D eigenvalue weighted by Gasteiger charge is -2.11. The van der Waals surface area contributed by atoms with Crippen LogP contribution in [0.1, 0.15) is 20.3 Å². The van der Waals surface area contributed by atoms with Crippen LogP contribution in [0.25, 0.3) is 0 Å². The molecular formula is C20H25NO6S-2. The predicted molar refractivity (Wildman–Crippen MR) is 106 cm³/mol. The van der Waals surface area contributed by atoms with Gasteiger partial charge in [-0.15, -0.1) is 0 Å². The van der Waals surface area contributed by atoms with Crippen molar-refractivity contribution in [2.75, 3.05) is 26.6 Å².